The SMILES string of the molecule is O=C(CCSc1nc(O)cc(=O)[nH]1)Nc1nc(-c2ccc(Cl)cc2)cs1. The maximum Gasteiger partial charge on any atom is 0.255 e. The highest BCUT2D eigenvalue weighted by molar-refractivity contribution is 7.99. The first-order valence-electron chi connectivity index (χ1n) is 7.44. The zero-order valence-corrected chi connectivity index (χ0v) is 15.6. The molecule has 3 aromatic rings. The first-order valence-corrected chi connectivity index (χ1v) is 9.68. The number of H-pyrrole nitrogens is 1. The molecule has 0 atom stereocenters. The summed E-state index contributed by atoms with van der Waals surface area (Å²) in [6.45, 7) is 0. The number of hydrogen-bond acceptors (Lipinski definition) is 7. The predicted octanol–water partition coefficient (Wildman–Crippen LogP) is 3.37. The Hall–Kier alpha value is -2.36. The summed E-state index contributed by atoms with van der Waals surface area (Å²) in [7, 11) is 0. The zero-order valence-electron chi connectivity index (χ0n) is 13.2. The molecule has 7 nitrogen and oxygen atoms in total. The number of anilines is 1. The van der Waals surface area contributed by atoms with Crippen molar-refractivity contribution in [2.24, 2.45) is 0 Å². The molecule has 0 aliphatic carbocycles. The summed E-state index contributed by atoms with van der Waals surface area (Å²) in [5.74, 6) is -0.150. The van der Waals surface area contributed by atoms with Gasteiger partial charge in [0.25, 0.3) is 5.56 Å². The molecule has 26 heavy (non-hydrogen) atoms. The van der Waals surface area contributed by atoms with Crippen molar-refractivity contribution in [3.63, 3.8) is 0 Å². The third-order valence-corrected chi connectivity index (χ3v) is 5.05. The second-order valence-corrected chi connectivity index (χ2v) is 7.48. The van der Waals surface area contributed by atoms with Crippen LogP contribution in [0.15, 0.2) is 45.7 Å². The van der Waals surface area contributed by atoms with Crippen LogP contribution in [-0.4, -0.2) is 31.7 Å². The number of hydrogen-bond donors (Lipinski definition) is 3. The number of amides is 1. The summed E-state index contributed by atoms with van der Waals surface area (Å²) >= 11 is 8.38. The number of nitrogens with zero attached hydrogens (tertiary/aromatic N) is 2. The molecule has 0 aliphatic heterocycles. The molecule has 3 rings (SSSR count). The van der Waals surface area contributed by atoms with Gasteiger partial charge in [-0.2, -0.15) is 4.98 Å². The van der Waals surface area contributed by atoms with Crippen LogP contribution in [0.1, 0.15) is 6.42 Å². The van der Waals surface area contributed by atoms with Gasteiger partial charge in [0.1, 0.15) is 0 Å². The van der Waals surface area contributed by atoms with E-state index >= 15 is 0 Å². The summed E-state index contributed by atoms with van der Waals surface area (Å²) in [6, 6.07) is 8.28. The van der Waals surface area contributed by atoms with Crippen LogP contribution < -0.4 is 10.9 Å². The number of benzene rings is 1. The Morgan fingerprint density at radius 3 is 2.81 bits per heavy atom. The van der Waals surface area contributed by atoms with Crippen LogP contribution >= 0.6 is 34.7 Å². The standard InChI is InChI=1S/C16H13ClN4O3S2/c17-10-3-1-9(2-4-10)11-8-26-15(18-11)19-12(22)5-6-25-16-20-13(23)7-14(24)21-16/h1-4,7-8H,5-6H2,(H,18,19,22)(H2,20,21,23,24). The lowest BCUT2D eigenvalue weighted by atomic mass is 10.2. The molecule has 1 amide bonds. The van der Waals surface area contributed by atoms with Gasteiger partial charge in [-0.3, -0.25) is 9.59 Å². The highest BCUT2D eigenvalue weighted by Gasteiger charge is 2.09. The maximum atomic E-state index is 12.0. The fourth-order valence-electron chi connectivity index (χ4n) is 2.00. The van der Waals surface area contributed by atoms with Crippen molar-refractivity contribution >= 4 is 45.7 Å². The Morgan fingerprint density at radius 1 is 1.31 bits per heavy atom. The number of thioether (sulfide) groups is 1. The van der Waals surface area contributed by atoms with E-state index < -0.39 is 5.56 Å². The number of aromatic hydroxyl groups is 1. The van der Waals surface area contributed by atoms with Crippen molar-refractivity contribution in [2.45, 2.75) is 11.6 Å². The molecular weight excluding hydrogens is 396 g/mol. The fraction of sp³-hybridized carbons (Fsp3) is 0.125. The quantitative estimate of drug-likeness (QED) is 0.426. The van der Waals surface area contributed by atoms with E-state index in [0.29, 0.717) is 15.9 Å². The minimum Gasteiger partial charge on any atom is -0.493 e. The van der Waals surface area contributed by atoms with E-state index in [4.69, 9.17) is 11.6 Å². The van der Waals surface area contributed by atoms with E-state index in [9.17, 15) is 14.7 Å². The van der Waals surface area contributed by atoms with Gasteiger partial charge >= 0.3 is 0 Å². The number of carbonyl (C=O) groups is 1. The minimum absolute atomic E-state index is 0.197. The van der Waals surface area contributed by atoms with Crippen LogP contribution in [0.3, 0.4) is 0 Å². The molecule has 1 aromatic carbocycles. The van der Waals surface area contributed by atoms with Crippen molar-refractivity contribution in [3.8, 4) is 17.1 Å². The number of aromatic amines is 1. The summed E-state index contributed by atoms with van der Waals surface area (Å²) in [6.07, 6.45) is 0.208. The Balaban J connectivity index is 1.52. The molecule has 0 unspecified atom stereocenters. The number of rotatable bonds is 6. The number of halogens is 1. The third-order valence-electron chi connectivity index (χ3n) is 3.16. The van der Waals surface area contributed by atoms with Gasteiger partial charge in [-0.05, 0) is 12.1 Å². The molecule has 0 saturated carbocycles. The van der Waals surface area contributed by atoms with Gasteiger partial charge in [0.15, 0.2) is 10.3 Å². The van der Waals surface area contributed by atoms with Crippen molar-refractivity contribution in [1.82, 2.24) is 15.0 Å². The van der Waals surface area contributed by atoms with Gasteiger partial charge in [0.05, 0.1) is 11.8 Å². The van der Waals surface area contributed by atoms with Gasteiger partial charge in [-0.1, -0.05) is 35.5 Å². The van der Waals surface area contributed by atoms with Crippen LogP contribution in [-0.2, 0) is 4.79 Å². The van der Waals surface area contributed by atoms with E-state index in [0.717, 1.165) is 17.3 Å². The summed E-state index contributed by atoms with van der Waals surface area (Å²) < 4.78 is 0. The molecule has 0 bridgehead atoms. The van der Waals surface area contributed by atoms with Crippen molar-refractivity contribution in [1.29, 1.82) is 0 Å². The average Bonchev–Trinajstić information content (AvgIpc) is 3.03. The van der Waals surface area contributed by atoms with E-state index in [2.05, 4.69) is 20.3 Å². The van der Waals surface area contributed by atoms with Crippen LogP contribution in [0.5, 0.6) is 5.88 Å². The monoisotopic (exact) mass is 408 g/mol. The molecule has 134 valence electrons. The second kappa shape index (κ2) is 8.35. The van der Waals surface area contributed by atoms with Crippen molar-refractivity contribution < 1.29 is 9.90 Å². The maximum absolute atomic E-state index is 12.0. The zero-order chi connectivity index (χ0) is 18.5. The van der Waals surface area contributed by atoms with Gasteiger partial charge in [-0.15, -0.1) is 11.3 Å². The molecule has 10 heteroatoms. The predicted molar refractivity (Wildman–Crippen MR) is 103 cm³/mol. The fourth-order valence-corrected chi connectivity index (χ4v) is 3.67. The van der Waals surface area contributed by atoms with Crippen LogP contribution in [0.2, 0.25) is 5.02 Å². The second-order valence-electron chi connectivity index (χ2n) is 5.10. The average molecular weight is 409 g/mol. The van der Waals surface area contributed by atoms with Crippen molar-refractivity contribution in [2.75, 3.05) is 11.1 Å². The molecule has 0 fully saturated rings. The smallest absolute Gasteiger partial charge is 0.255 e. The first kappa shape index (κ1) is 18.4. The van der Waals surface area contributed by atoms with E-state index in [1.165, 1.54) is 23.1 Å². The highest BCUT2D eigenvalue weighted by atomic mass is 35.5. The molecule has 0 spiro atoms. The molecule has 2 heterocycles. The molecular formula is C16H13ClN4O3S2. The molecule has 0 saturated heterocycles. The van der Waals surface area contributed by atoms with Crippen molar-refractivity contribution in [3.05, 3.63) is 51.1 Å². The Morgan fingerprint density at radius 2 is 2.08 bits per heavy atom. The summed E-state index contributed by atoms with van der Waals surface area (Å²) in [5.41, 5.74) is 1.24. The minimum atomic E-state index is -0.443. The van der Waals surface area contributed by atoms with Crippen LogP contribution in [0.4, 0.5) is 5.13 Å². The first-order chi connectivity index (χ1) is 12.5. The third kappa shape index (κ3) is 5.07. The highest BCUT2D eigenvalue weighted by Crippen LogP contribution is 2.26. The van der Waals surface area contributed by atoms with Gasteiger partial charge in [-0.25, -0.2) is 4.98 Å². The van der Waals surface area contributed by atoms with Crippen LogP contribution in [0.25, 0.3) is 11.3 Å². The normalized spacial score (nSPS) is 10.7. The van der Waals surface area contributed by atoms with Crippen LogP contribution in [0, 0.1) is 0 Å². The largest absolute Gasteiger partial charge is 0.493 e. The lowest BCUT2D eigenvalue weighted by Gasteiger charge is -2.02. The lowest BCUT2D eigenvalue weighted by Crippen LogP contribution is -2.12. The van der Waals surface area contributed by atoms with E-state index in [1.807, 2.05) is 17.5 Å². The van der Waals surface area contributed by atoms with E-state index in [-0.39, 0.29) is 23.4 Å². The molecule has 3 N–H and O–H groups in total. The Labute approximate surface area is 161 Å². The summed E-state index contributed by atoms with van der Waals surface area (Å²) in [4.78, 5) is 33.9. The lowest BCUT2D eigenvalue weighted by molar-refractivity contribution is -0.115. The summed E-state index contributed by atoms with van der Waals surface area (Å²) in [5, 5.41) is 15.3. The Kier molecular flexibility index (Phi) is 5.92. The topological polar surface area (TPSA) is 108 Å². The molecule has 2 aromatic heterocycles. The molecule has 0 aliphatic rings. The van der Waals surface area contributed by atoms with Gasteiger partial charge < -0.3 is 15.4 Å². The van der Waals surface area contributed by atoms with Gasteiger partial charge in [0.2, 0.25) is 11.8 Å². The number of thiazole rings is 1. The Bertz CT molecular complexity index is 972. The van der Waals surface area contributed by atoms with Gasteiger partial charge in [0, 0.05) is 28.1 Å². The molecule has 0 radical (unpaired) electrons. The van der Waals surface area contributed by atoms with E-state index in [1.54, 1.807) is 12.1 Å². The number of carbonyl (C=O) groups excluding carboxylic acids is 1. The number of aromatic nitrogens is 3. The number of nitrogens with one attached hydrogen (secondary N) is 2.